The van der Waals surface area contributed by atoms with Gasteiger partial charge in [0.15, 0.2) is 0 Å². The number of amides is 2. The Bertz CT molecular complexity index is 903. The van der Waals surface area contributed by atoms with Gasteiger partial charge in [-0.25, -0.2) is 4.98 Å². The van der Waals surface area contributed by atoms with E-state index in [4.69, 9.17) is 5.73 Å². The minimum absolute atomic E-state index is 0.186. The smallest absolute Gasteiger partial charge is 0.272 e. The fourth-order valence-corrected chi connectivity index (χ4v) is 2.33. The standard InChI is InChI=1S/C17H17N5O2/c1-9-10(2)20-16(19-9)11-5-3-4-6-12(11)22-17(24)14-8-7-13(21-14)15(18)23/h3-8,21H,1-2H3,(H2,18,23)(H,19,20)(H,22,24). The number of nitrogens with zero attached hydrogens (tertiary/aromatic N) is 1. The number of hydrogen-bond acceptors (Lipinski definition) is 3. The maximum Gasteiger partial charge on any atom is 0.272 e. The molecule has 122 valence electrons. The Morgan fingerprint density at radius 2 is 1.75 bits per heavy atom. The zero-order valence-corrected chi connectivity index (χ0v) is 13.3. The average molecular weight is 323 g/mol. The molecule has 7 heteroatoms. The van der Waals surface area contributed by atoms with E-state index in [-0.39, 0.29) is 17.3 Å². The van der Waals surface area contributed by atoms with Crippen LogP contribution < -0.4 is 11.1 Å². The van der Waals surface area contributed by atoms with Gasteiger partial charge >= 0.3 is 0 Å². The number of nitrogens with two attached hydrogens (primary N) is 1. The number of rotatable bonds is 4. The number of imidazole rings is 1. The Balaban J connectivity index is 1.90. The number of nitrogens with one attached hydrogen (secondary N) is 3. The monoisotopic (exact) mass is 323 g/mol. The molecule has 0 bridgehead atoms. The molecule has 24 heavy (non-hydrogen) atoms. The SMILES string of the molecule is Cc1nc(-c2ccccc2NC(=O)c2ccc(C(N)=O)[nH]2)[nH]c1C. The van der Waals surface area contributed by atoms with Crippen molar-refractivity contribution in [3.8, 4) is 11.4 Å². The highest BCUT2D eigenvalue weighted by Crippen LogP contribution is 2.26. The number of H-pyrrole nitrogens is 2. The second kappa shape index (κ2) is 6.04. The summed E-state index contributed by atoms with van der Waals surface area (Å²) in [6.07, 6.45) is 0. The van der Waals surface area contributed by atoms with Crippen LogP contribution in [-0.4, -0.2) is 26.8 Å². The highest BCUT2D eigenvalue weighted by atomic mass is 16.2. The van der Waals surface area contributed by atoms with E-state index in [1.54, 1.807) is 6.07 Å². The number of aromatic amines is 2. The molecule has 3 rings (SSSR count). The molecule has 0 saturated carbocycles. The molecule has 0 atom stereocenters. The molecule has 1 aromatic carbocycles. The third-order valence-corrected chi connectivity index (χ3v) is 3.75. The van der Waals surface area contributed by atoms with Gasteiger partial charge in [0, 0.05) is 11.3 Å². The van der Waals surface area contributed by atoms with E-state index in [2.05, 4.69) is 20.3 Å². The molecule has 0 aliphatic carbocycles. The lowest BCUT2D eigenvalue weighted by atomic mass is 10.1. The Hall–Kier alpha value is -3.35. The van der Waals surface area contributed by atoms with Crippen molar-refractivity contribution in [1.29, 1.82) is 0 Å². The number of carbonyl (C=O) groups excluding carboxylic acids is 2. The predicted octanol–water partition coefficient (Wildman–Crippen LogP) is 2.37. The van der Waals surface area contributed by atoms with Gasteiger partial charge in [-0.3, -0.25) is 9.59 Å². The largest absolute Gasteiger partial charge is 0.364 e. The molecule has 0 aliphatic heterocycles. The van der Waals surface area contributed by atoms with Crippen molar-refractivity contribution in [2.45, 2.75) is 13.8 Å². The van der Waals surface area contributed by atoms with Gasteiger partial charge in [0.25, 0.3) is 11.8 Å². The second-order valence-corrected chi connectivity index (χ2v) is 5.45. The molecule has 3 aromatic rings. The van der Waals surface area contributed by atoms with Crippen LogP contribution in [0, 0.1) is 13.8 Å². The first-order chi connectivity index (χ1) is 11.5. The first kappa shape index (κ1) is 15.5. The van der Waals surface area contributed by atoms with E-state index in [0.29, 0.717) is 11.5 Å². The molecule has 0 aliphatic rings. The summed E-state index contributed by atoms with van der Waals surface area (Å²) in [5, 5.41) is 2.82. The van der Waals surface area contributed by atoms with Crippen molar-refractivity contribution in [3.63, 3.8) is 0 Å². The summed E-state index contributed by atoms with van der Waals surface area (Å²) in [7, 11) is 0. The number of primary amides is 1. The molecule has 2 aromatic heterocycles. The summed E-state index contributed by atoms with van der Waals surface area (Å²) in [5.41, 5.74) is 8.90. The van der Waals surface area contributed by atoms with Crippen molar-refractivity contribution >= 4 is 17.5 Å². The highest BCUT2D eigenvalue weighted by molar-refractivity contribution is 6.06. The van der Waals surface area contributed by atoms with E-state index in [1.165, 1.54) is 12.1 Å². The van der Waals surface area contributed by atoms with Crippen LogP contribution in [0.2, 0.25) is 0 Å². The van der Waals surface area contributed by atoms with Crippen LogP contribution in [0.1, 0.15) is 32.4 Å². The van der Waals surface area contributed by atoms with Crippen molar-refractivity contribution in [1.82, 2.24) is 15.0 Å². The number of para-hydroxylation sites is 1. The van der Waals surface area contributed by atoms with E-state index in [9.17, 15) is 9.59 Å². The summed E-state index contributed by atoms with van der Waals surface area (Å²) in [5.74, 6) is -0.295. The van der Waals surface area contributed by atoms with Gasteiger partial charge in [-0.2, -0.15) is 0 Å². The molecule has 0 spiro atoms. The predicted molar refractivity (Wildman–Crippen MR) is 90.8 cm³/mol. The van der Waals surface area contributed by atoms with Crippen molar-refractivity contribution in [2.75, 3.05) is 5.32 Å². The van der Waals surface area contributed by atoms with E-state index >= 15 is 0 Å². The van der Waals surface area contributed by atoms with Crippen LogP contribution in [0.15, 0.2) is 36.4 Å². The third-order valence-electron chi connectivity index (χ3n) is 3.75. The number of carbonyl (C=O) groups is 2. The van der Waals surface area contributed by atoms with Crippen LogP contribution >= 0.6 is 0 Å². The summed E-state index contributed by atoms with van der Waals surface area (Å²) in [4.78, 5) is 33.9. The fourth-order valence-electron chi connectivity index (χ4n) is 2.33. The maximum atomic E-state index is 12.4. The topological polar surface area (TPSA) is 117 Å². The molecule has 0 fully saturated rings. The number of hydrogen-bond donors (Lipinski definition) is 4. The van der Waals surface area contributed by atoms with Gasteiger partial charge in [-0.1, -0.05) is 12.1 Å². The highest BCUT2D eigenvalue weighted by Gasteiger charge is 2.15. The van der Waals surface area contributed by atoms with Crippen molar-refractivity contribution < 1.29 is 9.59 Å². The molecule has 7 nitrogen and oxygen atoms in total. The molecular weight excluding hydrogens is 306 g/mol. The Labute approximate surface area is 138 Å². The summed E-state index contributed by atoms with van der Waals surface area (Å²) < 4.78 is 0. The summed E-state index contributed by atoms with van der Waals surface area (Å²) in [6, 6.07) is 10.3. The third kappa shape index (κ3) is 2.91. The van der Waals surface area contributed by atoms with Gasteiger partial charge in [0.2, 0.25) is 0 Å². The molecule has 0 saturated heterocycles. The molecule has 0 radical (unpaired) electrons. The normalized spacial score (nSPS) is 10.6. The van der Waals surface area contributed by atoms with Gasteiger partial charge in [0.05, 0.1) is 11.4 Å². The lowest BCUT2D eigenvalue weighted by Gasteiger charge is -2.08. The molecule has 2 heterocycles. The lowest BCUT2D eigenvalue weighted by Crippen LogP contribution is -2.15. The van der Waals surface area contributed by atoms with Gasteiger partial charge in [0.1, 0.15) is 17.2 Å². The number of aromatic nitrogens is 3. The van der Waals surface area contributed by atoms with Crippen molar-refractivity contribution in [2.24, 2.45) is 5.73 Å². The van der Waals surface area contributed by atoms with Crippen LogP contribution in [0.4, 0.5) is 5.69 Å². The van der Waals surface area contributed by atoms with Crippen LogP contribution in [0.3, 0.4) is 0 Å². The quantitative estimate of drug-likeness (QED) is 0.590. The van der Waals surface area contributed by atoms with Crippen LogP contribution in [-0.2, 0) is 0 Å². The number of benzene rings is 1. The zero-order chi connectivity index (χ0) is 17.3. The Morgan fingerprint density at radius 1 is 1.04 bits per heavy atom. The van der Waals surface area contributed by atoms with Crippen LogP contribution in [0.5, 0.6) is 0 Å². The van der Waals surface area contributed by atoms with Crippen molar-refractivity contribution in [3.05, 3.63) is 59.2 Å². The van der Waals surface area contributed by atoms with Gasteiger partial charge in [-0.05, 0) is 38.1 Å². The first-order valence-corrected chi connectivity index (χ1v) is 7.38. The Morgan fingerprint density at radius 3 is 2.38 bits per heavy atom. The fraction of sp³-hybridized carbons (Fsp3) is 0.118. The zero-order valence-electron chi connectivity index (χ0n) is 13.3. The number of aryl methyl sites for hydroxylation is 2. The maximum absolute atomic E-state index is 12.4. The molecule has 0 unspecified atom stereocenters. The molecule has 2 amide bonds. The molecular formula is C17H17N5O2. The van der Waals surface area contributed by atoms with E-state index in [1.807, 2.05) is 32.0 Å². The minimum atomic E-state index is -0.615. The average Bonchev–Trinajstić information content (AvgIpc) is 3.16. The van der Waals surface area contributed by atoms with E-state index < -0.39 is 5.91 Å². The Kier molecular flexibility index (Phi) is 3.91. The van der Waals surface area contributed by atoms with Crippen LogP contribution in [0.25, 0.3) is 11.4 Å². The summed E-state index contributed by atoms with van der Waals surface area (Å²) >= 11 is 0. The molecule has 5 N–H and O–H groups in total. The van der Waals surface area contributed by atoms with Gasteiger partial charge < -0.3 is 21.0 Å². The summed E-state index contributed by atoms with van der Waals surface area (Å²) in [6.45, 7) is 3.86. The number of anilines is 1. The van der Waals surface area contributed by atoms with E-state index in [0.717, 1.165) is 17.0 Å². The minimum Gasteiger partial charge on any atom is -0.364 e. The first-order valence-electron chi connectivity index (χ1n) is 7.38. The lowest BCUT2D eigenvalue weighted by molar-refractivity contribution is 0.0996. The van der Waals surface area contributed by atoms with Gasteiger partial charge in [-0.15, -0.1) is 0 Å². The second-order valence-electron chi connectivity index (χ2n) is 5.45.